The normalized spacial score (nSPS) is 12.5. The molecule has 2 N–H and O–H groups in total. The average Bonchev–Trinajstić information content (AvgIpc) is 2.87. The second kappa shape index (κ2) is 9.35. The first-order valence-electron chi connectivity index (χ1n) is 8.40. The Morgan fingerprint density at radius 3 is 2.92 bits per heavy atom. The van der Waals surface area contributed by atoms with E-state index in [1.165, 1.54) is 23.1 Å². The van der Waals surface area contributed by atoms with Gasteiger partial charge in [0.15, 0.2) is 0 Å². The largest absolute Gasteiger partial charge is 0.382 e. The molecule has 0 saturated heterocycles. The molecule has 2 heterocycles. The van der Waals surface area contributed by atoms with E-state index in [0.717, 1.165) is 21.7 Å². The molecule has 0 aromatic carbocycles. The molecule has 0 bridgehead atoms. The Hall–Kier alpha value is -1.38. The molecule has 2 aromatic rings. The number of aromatic amines is 1. The number of aryl methyl sites for hydroxylation is 2. The number of rotatable bonds is 9. The first-order chi connectivity index (χ1) is 11.9. The molecule has 0 fully saturated rings. The van der Waals surface area contributed by atoms with Crippen LogP contribution < -0.4 is 10.9 Å². The molecular weight excluding hydrogens is 358 g/mol. The van der Waals surface area contributed by atoms with Crippen LogP contribution in [-0.2, 0) is 15.3 Å². The topological polar surface area (TPSA) is 84.1 Å². The minimum Gasteiger partial charge on any atom is -0.382 e. The highest BCUT2D eigenvalue weighted by Crippen LogP contribution is 2.26. The third kappa shape index (κ3) is 5.29. The van der Waals surface area contributed by atoms with Gasteiger partial charge in [-0.25, -0.2) is 4.98 Å². The molecule has 1 amide bonds. The zero-order valence-corrected chi connectivity index (χ0v) is 16.7. The van der Waals surface area contributed by atoms with E-state index >= 15 is 0 Å². The zero-order chi connectivity index (χ0) is 18.4. The number of thiophene rings is 1. The molecule has 2 aromatic heterocycles. The van der Waals surface area contributed by atoms with Crippen LogP contribution in [0.3, 0.4) is 0 Å². The molecule has 6 nitrogen and oxygen atoms in total. The van der Waals surface area contributed by atoms with Gasteiger partial charge < -0.3 is 15.0 Å². The van der Waals surface area contributed by atoms with E-state index < -0.39 is 0 Å². The van der Waals surface area contributed by atoms with Crippen molar-refractivity contribution < 1.29 is 9.53 Å². The first kappa shape index (κ1) is 19.9. The maximum Gasteiger partial charge on any atom is 0.259 e. The van der Waals surface area contributed by atoms with Gasteiger partial charge in [0.2, 0.25) is 5.91 Å². The number of thioether (sulfide) groups is 1. The molecule has 8 heteroatoms. The van der Waals surface area contributed by atoms with Crippen LogP contribution in [0.15, 0.2) is 4.79 Å². The van der Waals surface area contributed by atoms with Crippen LogP contribution >= 0.6 is 23.1 Å². The molecule has 0 aliphatic heterocycles. The van der Waals surface area contributed by atoms with Crippen molar-refractivity contribution in [3.05, 3.63) is 26.6 Å². The van der Waals surface area contributed by atoms with Crippen molar-refractivity contribution in [3.63, 3.8) is 0 Å². The lowest BCUT2D eigenvalue weighted by molar-refractivity contribution is -0.120. The van der Waals surface area contributed by atoms with Gasteiger partial charge in [0.25, 0.3) is 5.56 Å². The molecule has 0 unspecified atom stereocenters. The number of hydrogen-bond acceptors (Lipinski definition) is 6. The lowest BCUT2D eigenvalue weighted by atomic mass is 10.2. The van der Waals surface area contributed by atoms with E-state index in [1.54, 1.807) is 0 Å². The Bertz CT molecular complexity index is 785. The SMILES string of the molecule is CCOCCCNC(=O)[C@H](C)SCc1nc2sc(C)c(C)c2c(=O)[nH]1. The van der Waals surface area contributed by atoms with E-state index in [2.05, 4.69) is 15.3 Å². The Labute approximate surface area is 155 Å². The maximum atomic E-state index is 12.3. The molecule has 0 saturated carbocycles. The zero-order valence-electron chi connectivity index (χ0n) is 15.1. The maximum absolute atomic E-state index is 12.3. The van der Waals surface area contributed by atoms with Crippen LogP contribution in [0, 0.1) is 13.8 Å². The first-order valence-corrected chi connectivity index (χ1v) is 10.3. The van der Waals surface area contributed by atoms with Crippen LogP contribution in [-0.4, -0.2) is 40.9 Å². The Kier molecular flexibility index (Phi) is 7.46. The summed E-state index contributed by atoms with van der Waals surface area (Å²) in [5, 5.41) is 3.37. The summed E-state index contributed by atoms with van der Waals surface area (Å²) in [5.41, 5.74) is 0.892. The minimum absolute atomic E-state index is 0.00673. The number of aromatic nitrogens is 2. The fourth-order valence-corrected chi connectivity index (χ4v) is 4.15. The van der Waals surface area contributed by atoms with E-state index in [9.17, 15) is 9.59 Å². The van der Waals surface area contributed by atoms with Gasteiger partial charge >= 0.3 is 0 Å². The summed E-state index contributed by atoms with van der Waals surface area (Å²) >= 11 is 3.00. The lowest BCUT2D eigenvalue weighted by Crippen LogP contribution is -2.32. The summed E-state index contributed by atoms with van der Waals surface area (Å²) < 4.78 is 5.24. The van der Waals surface area contributed by atoms with E-state index in [4.69, 9.17) is 4.74 Å². The summed E-state index contributed by atoms with van der Waals surface area (Å²) in [6.45, 7) is 9.70. The van der Waals surface area contributed by atoms with E-state index in [0.29, 0.717) is 36.7 Å². The molecule has 0 aliphatic carbocycles. The van der Waals surface area contributed by atoms with Crippen LogP contribution in [0.4, 0.5) is 0 Å². The smallest absolute Gasteiger partial charge is 0.259 e. The van der Waals surface area contributed by atoms with E-state index in [1.807, 2.05) is 27.7 Å². The van der Waals surface area contributed by atoms with Crippen molar-refractivity contribution in [3.8, 4) is 0 Å². The predicted octanol–water partition coefficient (Wildman–Crippen LogP) is 2.77. The highest BCUT2D eigenvalue weighted by molar-refractivity contribution is 7.99. The predicted molar refractivity (Wildman–Crippen MR) is 105 cm³/mol. The summed E-state index contributed by atoms with van der Waals surface area (Å²) in [6.07, 6.45) is 0.805. The van der Waals surface area contributed by atoms with Crippen LogP contribution in [0.2, 0.25) is 0 Å². The second-order valence-corrected chi connectivity index (χ2v) is 8.30. The molecular formula is C17H25N3O3S2. The van der Waals surface area contributed by atoms with Crippen molar-refractivity contribution in [1.29, 1.82) is 0 Å². The number of fused-ring (bicyclic) bond motifs is 1. The van der Waals surface area contributed by atoms with Gasteiger partial charge in [0.1, 0.15) is 10.7 Å². The quantitative estimate of drug-likeness (QED) is 0.651. The van der Waals surface area contributed by atoms with Crippen molar-refractivity contribution >= 4 is 39.2 Å². The van der Waals surface area contributed by atoms with Gasteiger partial charge in [0, 0.05) is 24.6 Å². The van der Waals surface area contributed by atoms with Crippen LogP contribution in [0.1, 0.15) is 36.5 Å². The molecule has 25 heavy (non-hydrogen) atoms. The van der Waals surface area contributed by atoms with Gasteiger partial charge in [-0.3, -0.25) is 9.59 Å². The average molecular weight is 384 g/mol. The molecule has 0 aliphatic rings. The summed E-state index contributed by atoms with van der Waals surface area (Å²) in [7, 11) is 0. The van der Waals surface area contributed by atoms with Crippen molar-refractivity contribution in [2.24, 2.45) is 0 Å². The van der Waals surface area contributed by atoms with Crippen LogP contribution in [0.5, 0.6) is 0 Å². The number of nitrogens with zero attached hydrogens (tertiary/aromatic N) is 1. The Morgan fingerprint density at radius 2 is 2.20 bits per heavy atom. The molecule has 2 rings (SSSR count). The van der Waals surface area contributed by atoms with Crippen molar-refractivity contribution in [2.75, 3.05) is 19.8 Å². The highest BCUT2D eigenvalue weighted by Gasteiger charge is 2.15. The number of carbonyl (C=O) groups is 1. The monoisotopic (exact) mass is 383 g/mol. The number of carbonyl (C=O) groups excluding carboxylic acids is 1. The minimum atomic E-state index is -0.208. The Morgan fingerprint density at radius 1 is 1.44 bits per heavy atom. The van der Waals surface area contributed by atoms with Crippen LogP contribution in [0.25, 0.3) is 10.2 Å². The van der Waals surface area contributed by atoms with Gasteiger partial charge in [-0.2, -0.15) is 0 Å². The van der Waals surface area contributed by atoms with Gasteiger partial charge in [-0.1, -0.05) is 0 Å². The third-order valence-corrected chi connectivity index (χ3v) is 6.15. The van der Waals surface area contributed by atoms with Gasteiger partial charge in [0.05, 0.1) is 16.4 Å². The van der Waals surface area contributed by atoms with Gasteiger partial charge in [-0.05, 0) is 39.7 Å². The number of hydrogen-bond donors (Lipinski definition) is 2. The third-order valence-electron chi connectivity index (χ3n) is 3.90. The fraction of sp³-hybridized carbons (Fsp3) is 0.588. The molecule has 138 valence electrons. The molecule has 0 radical (unpaired) electrons. The Balaban J connectivity index is 1.89. The number of amides is 1. The summed E-state index contributed by atoms with van der Waals surface area (Å²) in [5.74, 6) is 1.10. The summed E-state index contributed by atoms with van der Waals surface area (Å²) in [4.78, 5) is 33.6. The van der Waals surface area contributed by atoms with Gasteiger partial charge in [-0.15, -0.1) is 23.1 Å². The van der Waals surface area contributed by atoms with E-state index in [-0.39, 0.29) is 16.7 Å². The highest BCUT2D eigenvalue weighted by atomic mass is 32.2. The number of H-pyrrole nitrogens is 1. The lowest BCUT2D eigenvalue weighted by Gasteiger charge is -2.11. The van der Waals surface area contributed by atoms with Crippen molar-refractivity contribution in [1.82, 2.24) is 15.3 Å². The number of nitrogens with one attached hydrogen (secondary N) is 2. The molecule has 0 spiro atoms. The summed E-state index contributed by atoms with van der Waals surface area (Å²) in [6, 6.07) is 0. The van der Waals surface area contributed by atoms with Crippen molar-refractivity contribution in [2.45, 2.75) is 45.1 Å². The molecule has 1 atom stereocenters. The number of ether oxygens (including phenoxy) is 1. The second-order valence-electron chi connectivity index (χ2n) is 5.77. The fourth-order valence-electron chi connectivity index (χ4n) is 2.32. The standard InChI is InChI=1S/C17H25N3O3S2/c1-5-23-8-6-7-18-15(21)12(4)24-9-13-19-16(22)14-10(2)11(3)25-17(14)20-13/h12H,5-9H2,1-4H3,(H,18,21)(H,19,20,22)/t12-/m0/s1.